The highest BCUT2D eigenvalue weighted by Crippen LogP contribution is 2.48. The molecule has 4 nitrogen and oxygen atoms in total. The van der Waals surface area contributed by atoms with E-state index in [0.29, 0.717) is 18.3 Å². The van der Waals surface area contributed by atoms with E-state index in [2.05, 4.69) is 25.2 Å². The van der Waals surface area contributed by atoms with Crippen LogP contribution in [0.1, 0.15) is 77.6 Å². The first kappa shape index (κ1) is 21.2. The maximum atomic E-state index is 10.6. The molecule has 0 spiro atoms. The van der Waals surface area contributed by atoms with Gasteiger partial charge < -0.3 is 15.3 Å². The van der Waals surface area contributed by atoms with Crippen LogP contribution < -0.4 is 0 Å². The molecule has 0 aromatic heterocycles. The van der Waals surface area contributed by atoms with Crippen LogP contribution in [-0.4, -0.2) is 33.5 Å². The number of fused-ring (bicyclic) bond motifs is 1. The number of allylic oxidation sites excluding steroid dienone is 2. The summed E-state index contributed by atoms with van der Waals surface area (Å²) in [5.41, 5.74) is 1.44. The number of hydrogen-bond acceptors (Lipinski definition) is 3. The van der Waals surface area contributed by atoms with Gasteiger partial charge in [0.25, 0.3) is 0 Å². The Morgan fingerprint density at radius 2 is 2.12 bits per heavy atom. The molecule has 2 aliphatic carbocycles. The molecule has 0 bridgehead atoms. The van der Waals surface area contributed by atoms with Crippen molar-refractivity contribution in [1.82, 2.24) is 0 Å². The van der Waals surface area contributed by atoms with Crippen molar-refractivity contribution in [3.63, 3.8) is 0 Å². The van der Waals surface area contributed by atoms with E-state index in [0.717, 1.165) is 44.9 Å². The summed E-state index contributed by atoms with van der Waals surface area (Å²) in [4.78, 5) is 10.6. The van der Waals surface area contributed by atoms with E-state index in [1.165, 1.54) is 18.4 Å². The molecule has 0 aromatic carbocycles. The van der Waals surface area contributed by atoms with E-state index < -0.39 is 5.97 Å². The van der Waals surface area contributed by atoms with Crippen LogP contribution in [0.15, 0.2) is 23.8 Å². The molecule has 3 N–H and O–H groups in total. The molecule has 4 heteroatoms. The number of unbranched alkanes of at least 4 members (excludes halogenated alkanes) is 3. The molecule has 2 aliphatic rings. The SMILES string of the molecule is CCCCCC(O)C/C=C/[C@H]1[C@H]2CC(CCCCC(=O)O)=C[C@H]2C[C@H]1O. The number of aliphatic hydroxyl groups is 2. The number of aliphatic carboxylic acids is 1. The van der Waals surface area contributed by atoms with Crippen LogP contribution in [0.5, 0.6) is 0 Å². The van der Waals surface area contributed by atoms with Gasteiger partial charge in [-0.1, -0.05) is 50.0 Å². The highest BCUT2D eigenvalue weighted by Gasteiger charge is 2.43. The average molecular weight is 365 g/mol. The fraction of sp³-hybridized carbons (Fsp3) is 0.773. The monoisotopic (exact) mass is 364 g/mol. The fourth-order valence-electron chi connectivity index (χ4n) is 4.56. The lowest BCUT2D eigenvalue weighted by molar-refractivity contribution is -0.137. The van der Waals surface area contributed by atoms with Crippen molar-refractivity contribution in [2.45, 2.75) is 89.8 Å². The summed E-state index contributed by atoms with van der Waals surface area (Å²) in [5.74, 6) is 0.416. The smallest absolute Gasteiger partial charge is 0.303 e. The largest absolute Gasteiger partial charge is 0.481 e. The number of aliphatic hydroxyl groups excluding tert-OH is 2. The summed E-state index contributed by atoms with van der Waals surface area (Å²) in [6.45, 7) is 2.17. The molecule has 2 rings (SSSR count). The maximum absolute atomic E-state index is 10.6. The van der Waals surface area contributed by atoms with Crippen LogP contribution in [0.3, 0.4) is 0 Å². The van der Waals surface area contributed by atoms with Gasteiger partial charge in [0.05, 0.1) is 12.2 Å². The third kappa shape index (κ3) is 6.55. The standard InChI is InChI=1S/C22H36O4/c1-2-3-4-9-18(23)10-7-11-19-20-14-16(8-5-6-12-22(25)26)13-17(20)15-21(19)24/h7,11,13,17-21,23-24H,2-6,8-10,12,14-15H2,1H3,(H,25,26)/b11-7+/t17-,18?,19-,20-,21+/m0/s1. The highest BCUT2D eigenvalue weighted by atomic mass is 16.4. The first-order valence-corrected chi connectivity index (χ1v) is 10.5. The highest BCUT2D eigenvalue weighted by molar-refractivity contribution is 5.66. The molecule has 0 heterocycles. The fourth-order valence-corrected chi connectivity index (χ4v) is 4.56. The van der Waals surface area contributed by atoms with Gasteiger partial charge in [-0.05, 0) is 56.8 Å². The maximum Gasteiger partial charge on any atom is 0.303 e. The zero-order valence-electron chi connectivity index (χ0n) is 16.1. The number of carboxylic acids is 1. The van der Waals surface area contributed by atoms with E-state index in [9.17, 15) is 15.0 Å². The predicted octanol–water partition coefficient (Wildman–Crippen LogP) is 4.46. The number of carboxylic acid groups (broad SMARTS) is 1. The molecular weight excluding hydrogens is 328 g/mol. The molecule has 0 aromatic rings. The molecule has 1 saturated carbocycles. The summed E-state index contributed by atoms with van der Waals surface area (Å²) in [5, 5.41) is 29.1. The van der Waals surface area contributed by atoms with Gasteiger partial charge in [0.2, 0.25) is 0 Å². The topological polar surface area (TPSA) is 77.8 Å². The number of rotatable bonds is 12. The molecule has 0 saturated heterocycles. The first-order valence-electron chi connectivity index (χ1n) is 10.5. The van der Waals surface area contributed by atoms with E-state index >= 15 is 0 Å². The first-order chi connectivity index (χ1) is 12.5. The summed E-state index contributed by atoms with van der Waals surface area (Å²) >= 11 is 0. The lowest BCUT2D eigenvalue weighted by Crippen LogP contribution is -2.17. The molecule has 1 fully saturated rings. The zero-order valence-corrected chi connectivity index (χ0v) is 16.1. The van der Waals surface area contributed by atoms with Crippen LogP contribution in [0.2, 0.25) is 0 Å². The van der Waals surface area contributed by atoms with Crippen molar-refractivity contribution in [2.24, 2.45) is 17.8 Å². The third-order valence-electron chi connectivity index (χ3n) is 6.00. The second-order valence-corrected chi connectivity index (χ2v) is 8.15. The Labute approximate surface area is 158 Å². The molecule has 0 aliphatic heterocycles. The van der Waals surface area contributed by atoms with Gasteiger partial charge in [-0.25, -0.2) is 0 Å². The normalized spacial score (nSPS) is 29.1. The Bertz CT molecular complexity index is 496. The lowest BCUT2D eigenvalue weighted by atomic mass is 9.88. The van der Waals surface area contributed by atoms with E-state index in [-0.39, 0.29) is 24.5 Å². The quantitative estimate of drug-likeness (QED) is 0.353. The van der Waals surface area contributed by atoms with Gasteiger partial charge in [0.1, 0.15) is 0 Å². The van der Waals surface area contributed by atoms with Crippen LogP contribution in [0.4, 0.5) is 0 Å². The molecule has 0 radical (unpaired) electrons. The minimum Gasteiger partial charge on any atom is -0.481 e. The third-order valence-corrected chi connectivity index (χ3v) is 6.00. The van der Waals surface area contributed by atoms with Crippen LogP contribution in [0, 0.1) is 17.8 Å². The van der Waals surface area contributed by atoms with Crippen molar-refractivity contribution < 1.29 is 20.1 Å². The van der Waals surface area contributed by atoms with Crippen molar-refractivity contribution in [3.8, 4) is 0 Å². The van der Waals surface area contributed by atoms with E-state index in [1.54, 1.807) is 0 Å². The molecule has 5 atom stereocenters. The molecular formula is C22H36O4. The Morgan fingerprint density at radius 1 is 1.31 bits per heavy atom. The van der Waals surface area contributed by atoms with Crippen LogP contribution in [0.25, 0.3) is 0 Å². The summed E-state index contributed by atoms with van der Waals surface area (Å²) in [6, 6.07) is 0. The van der Waals surface area contributed by atoms with Gasteiger partial charge in [-0.2, -0.15) is 0 Å². The Kier molecular flexibility index (Phi) is 8.86. The Morgan fingerprint density at radius 3 is 2.85 bits per heavy atom. The molecule has 26 heavy (non-hydrogen) atoms. The van der Waals surface area contributed by atoms with Crippen molar-refractivity contribution >= 4 is 5.97 Å². The Balaban J connectivity index is 1.74. The summed E-state index contributed by atoms with van der Waals surface area (Å²) in [7, 11) is 0. The van der Waals surface area contributed by atoms with Gasteiger partial charge in [0, 0.05) is 12.3 Å². The van der Waals surface area contributed by atoms with Crippen molar-refractivity contribution in [3.05, 3.63) is 23.8 Å². The van der Waals surface area contributed by atoms with Gasteiger partial charge in [0.15, 0.2) is 0 Å². The average Bonchev–Trinajstić information content (AvgIpc) is 3.09. The molecule has 1 unspecified atom stereocenters. The molecule has 0 amide bonds. The minimum absolute atomic E-state index is 0.190. The van der Waals surface area contributed by atoms with E-state index in [4.69, 9.17) is 5.11 Å². The second kappa shape index (κ2) is 10.9. The molecule has 148 valence electrons. The van der Waals surface area contributed by atoms with Gasteiger partial charge >= 0.3 is 5.97 Å². The predicted molar refractivity (Wildman–Crippen MR) is 104 cm³/mol. The Hall–Kier alpha value is -1.13. The number of hydrogen-bond donors (Lipinski definition) is 3. The van der Waals surface area contributed by atoms with Crippen LogP contribution in [-0.2, 0) is 4.79 Å². The number of carbonyl (C=O) groups is 1. The van der Waals surface area contributed by atoms with Gasteiger partial charge in [-0.3, -0.25) is 4.79 Å². The minimum atomic E-state index is -0.715. The summed E-state index contributed by atoms with van der Waals surface area (Å²) < 4.78 is 0. The van der Waals surface area contributed by atoms with E-state index in [1.807, 2.05) is 0 Å². The summed E-state index contributed by atoms with van der Waals surface area (Å²) in [6.07, 6.45) is 15.7. The van der Waals surface area contributed by atoms with Crippen LogP contribution >= 0.6 is 0 Å². The van der Waals surface area contributed by atoms with Gasteiger partial charge in [-0.15, -0.1) is 0 Å². The second-order valence-electron chi connectivity index (χ2n) is 8.15. The van der Waals surface area contributed by atoms with Crippen molar-refractivity contribution in [1.29, 1.82) is 0 Å². The lowest BCUT2D eigenvalue weighted by Gasteiger charge is -2.18. The van der Waals surface area contributed by atoms with Crippen molar-refractivity contribution in [2.75, 3.05) is 0 Å². The zero-order chi connectivity index (χ0) is 18.9.